The van der Waals surface area contributed by atoms with E-state index in [1.165, 1.54) is 23.7 Å². The monoisotopic (exact) mass is 270 g/mol. The Bertz CT molecular complexity index is 615. The van der Waals surface area contributed by atoms with E-state index in [0.29, 0.717) is 11.4 Å². The summed E-state index contributed by atoms with van der Waals surface area (Å²) in [6.07, 6.45) is -3.24. The lowest BCUT2D eigenvalue weighted by Gasteiger charge is -2.08. The maximum absolute atomic E-state index is 12.4. The number of aromatic nitrogens is 2. The molecule has 0 bridgehead atoms. The van der Waals surface area contributed by atoms with Crippen molar-refractivity contribution in [3.63, 3.8) is 0 Å². The summed E-state index contributed by atoms with van der Waals surface area (Å²) in [5.74, 6) is -1.13. The van der Waals surface area contributed by atoms with Gasteiger partial charge in [0.1, 0.15) is 5.56 Å². The first kappa shape index (κ1) is 13.1. The Morgan fingerprint density at radius 3 is 2.26 bits per heavy atom. The Morgan fingerprint density at radius 1 is 1.26 bits per heavy atom. The molecule has 2 aromatic rings. The molecule has 0 fully saturated rings. The van der Waals surface area contributed by atoms with Crippen molar-refractivity contribution in [1.29, 1.82) is 0 Å². The number of hydrogen-bond donors (Lipinski definition) is 1. The highest BCUT2D eigenvalue weighted by Crippen LogP contribution is 2.29. The lowest BCUT2D eigenvalue weighted by Crippen LogP contribution is -2.06. The molecule has 19 heavy (non-hydrogen) atoms. The summed E-state index contributed by atoms with van der Waals surface area (Å²) in [6, 6.07) is 4.34. The van der Waals surface area contributed by atoms with Gasteiger partial charge in [-0.1, -0.05) is 0 Å². The molecule has 0 aliphatic carbocycles. The summed E-state index contributed by atoms with van der Waals surface area (Å²) >= 11 is 0. The van der Waals surface area contributed by atoms with Gasteiger partial charge in [0.2, 0.25) is 0 Å². The van der Waals surface area contributed by atoms with E-state index in [4.69, 9.17) is 5.11 Å². The van der Waals surface area contributed by atoms with Gasteiger partial charge in [0.15, 0.2) is 0 Å². The van der Waals surface area contributed by atoms with E-state index < -0.39 is 17.7 Å². The third-order valence-corrected chi connectivity index (χ3v) is 2.68. The van der Waals surface area contributed by atoms with E-state index in [-0.39, 0.29) is 5.56 Å². The highest BCUT2D eigenvalue weighted by Gasteiger charge is 2.30. The Labute approximate surface area is 106 Å². The maximum atomic E-state index is 12.4. The fourth-order valence-corrected chi connectivity index (χ4v) is 1.67. The molecule has 0 radical (unpaired) electrons. The molecule has 0 saturated carbocycles. The predicted octanol–water partition coefficient (Wildman–Crippen LogP) is 2.90. The molecular formula is C12H9F3N2O2. The normalized spacial score (nSPS) is 11.6. The molecule has 1 N–H and O–H groups in total. The van der Waals surface area contributed by atoms with Crippen LogP contribution in [0.4, 0.5) is 13.2 Å². The first-order chi connectivity index (χ1) is 8.80. The average Bonchev–Trinajstić information content (AvgIpc) is 2.70. The smallest absolute Gasteiger partial charge is 0.416 e. The number of benzene rings is 1. The van der Waals surface area contributed by atoms with Crippen LogP contribution in [0.25, 0.3) is 5.69 Å². The Hall–Kier alpha value is -2.31. The number of aromatic carboxylic acids is 1. The summed E-state index contributed by atoms with van der Waals surface area (Å²) in [4.78, 5) is 10.8. The third-order valence-electron chi connectivity index (χ3n) is 2.68. The van der Waals surface area contributed by atoms with Crippen LogP contribution in [-0.4, -0.2) is 20.9 Å². The molecular weight excluding hydrogens is 261 g/mol. The van der Waals surface area contributed by atoms with Gasteiger partial charge >= 0.3 is 12.1 Å². The molecule has 0 atom stereocenters. The van der Waals surface area contributed by atoms with Crippen LogP contribution in [0, 0.1) is 6.92 Å². The predicted molar refractivity (Wildman–Crippen MR) is 60.3 cm³/mol. The number of hydrogen-bond acceptors (Lipinski definition) is 2. The van der Waals surface area contributed by atoms with E-state index >= 15 is 0 Å². The van der Waals surface area contributed by atoms with E-state index in [1.807, 2.05) is 0 Å². The van der Waals surface area contributed by atoms with Crippen LogP contribution in [0.1, 0.15) is 21.6 Å². The zero-order valence-electron chi connectivity index (χ0n) is 9.77. The van der Waals surface area contributed by atoms with Crippen molar-refractivity contribution in [3.05, 3.63) is 47.3 Å². The van der Waals surface area contributed by atoms with Crippen LogP contribution >= 0.6 is 0 Å². The zero-order valence-corrected chi connectivity index (χ0v) is 9.77. The largest absolute Gasteiger partial charge is 0.478 e. The summed E-state index contributed by atoms with van der Waals surface area (Å²) in [5.41, 5.74) is -0.0235. The highest BCUT2D eigenvalue weighted by molar-refractivity contribution is 5.88. The van der Waals surface area contributed by atoms with Crippen molar-refractivity contribution in [2.24, 2.45) is 0 Å². The van der Waals surface area contributed by atoms with Crippen LogP contribution < -0.4 is 0 Å². The fraction of sp³-hybridized carbons (Fsp3) is 0.167. The first-order valence-corrected chi connectivity index (χ1v) is 5.26. The number of nitrogens with zero attached hydrogens (tertiary/aromatic N) is 2. The Kier molecular flexibility index (Phi) is 3.05. The fourth-order valence-electron chi connectivity index (χ4n) is 1.67. The molecule has 7 heteroatoms. The molecule has 0 saturated heterocycles. The van der Waals surface area contributed by atoms with E-state index in [0.717, 1.165) is 18.3 Å². The van der Waals surface area contributed by atoms with Gasteiger partial charge in [-0.15, -0.1) is 0 Å². The van der Waals surface area contributed by atoms with Crippen molar-refractivity contribution in [3.8, 4) is 5.69 Å². The van der Waals surface area contributed by atoms with Gasteiger partial charge in [-0.25, -0.2) is 9.48 Å². The molecule has 1 aromatic carbocycles. The second-order valence-corrected chi connectivity index (χ2v) is 3.91. The number of halogens is 3. The van der Waals surface area contributed by atoms with Crippen molar-refractivity contribution in [2.75, 3.05) is 0 Å². The van der Waals surface area contributed by atoms with Crippen molar-refractivity contribution >= 4 is 5.97 Å². The van der Waals surface area contributed by atoms with Gasteiger partial charge < -0.3 is 5.11 Å². The molecule has 0 aliphatic rings. The summed E-state index contributed by atoms with van der Waals surface area (Å²) in [6.45, 7) is 1.54. The lowest BCUT2D eigenvalue weighted by atomic mass is 10.2. The molecule has 2 rings (SSSR count). The molecule has 0 unspecified atom stereocenters. The minimum absolute atomic E-state index is 0.0138. The zero-order chi connectivity index (χ0) is 14.2. The number of alkyl halides is 3. The van der Waals surface area contributed by atoms with Gasteiger partial charge in [-0.3, -0.25) is 0 Å². The number of carbonyl (C=O) groups is 1. The minimum Gasteiger partial charge on any atom is -0.478 e. The summed E-state index contributed by atoms with van der Waals surface area (Å²) < 4.78 is 38.5. The van der Waals surface area contributed by atoms with Crippen LogP contribution in [0.3, 0.4) is 0 Å². The standard InChI is InChI=1S/C12H9F3N2O2/c1-7-10(11(18)19)6-16-17(7)9-4-2-8(3-5-9)12(13,14)15/h2-6H,1H3,(H,18,19). The van der Waals surface area contributed by atoms with Gasteiger partial charge in [-0.2, -0.15) is 18.3 Å². The molecule has 100 valence electrons. The van der Waals surface area contributed by atoms with Gasteiger partial charge in [0.25, 0.3) is 0 Å². The second-order valence-electron chi connectivity index (χ2n) is 3.91. The van der Waals surface area contributed by atoms with Crippen LogP contribution in [0.5, 0.6) is 0 Å². The molecule has 1 aromatic heterocycles. The Balaban J connectivity index is 2.41. The number of carboxylic acid groups (broad SMARTS) is 1. The van der Waals surface area contributed by atoms with Crippen molar-refractivity contribution in [2.45, 2.75) is 13.1 Å². The quantitative estimate of drug-likeness (QED) is 0.912. The molecule has 0 aliphatic heterocycles. The maximum Gasteiger partial charge on any atom is 0.416 e. The topological polar surface area (TPSA) is 55.1 Å². The lowest BCUT2D eigenvalue weighted by molar-refractivity contribution is -0.137. The average molecular weight is 270 g/mol. The summed E-state index contributed by atoms with van der Waals surface area (Å²) in [7, 11) is 0. The van der Waals surface area contributed by atoms with Gasteiger partial charge in [0.05, 0.1) is 23.1 Å². The van der Waals surface area contributed by atoms with E-state index in [2.05, 4.69) is 5.10 Å². The van der Waals surface area contributed by atoms with Crippen LogP contribution in [0.2, 0.25) is 0 Å². The van der Waals surface area contributed by atoms with Gasteiger partial charge in [-0.05, 0) is 31.2 Å². The van der Waals surface area contributed by atoms with E-state index in [9.17, 15) is 18.0 Å². The first-order valence-electron chi connectivity index (χ1n) is 5.26. The molecule has 0 spiro atoms. The third kappa shape index (κ3) is 2.44. The second kappa shape index (κ2) is 4.42. The highest BCUT2D eigenvalue weighted by atomic mass is 19.4. The van der Waals surface area contributed by atoms with Gasteiger partial charge in [0, 0.05) is 0 Å². The SMILES string of the molecule is Cc1c(C(=O)O)cnn1-c1ccc(C(F)(F)F)cc1. The molecule has 4 nitrogen and oxygen atoms in total. The van der Waals surface area contributed by atoms with Crippen LogP contribution in [0.15, 0.2) is 30.5 Å². The van der Waals surface area contributed by atoms with Crippen molar-refractivity contribution in [1.82, 2.24) is 9.78 Å². The molecule has 1 heterocycles. The van der Waals surface area contributed by atoms with Crippen molar-refractivity contribution < 1.29 is 23.1 Å². The Morgan fingerprint density at radius 2 is 1.84 bits per heavy atom. The summed E-state index contributed by atoms with van der Waals surface area (Å²) in [5, 5.41) is 12.7. The number of carboxylic acids is 1. The number of rotatable bonds is 2. The van der Waals surface area contributed by atoms with E-state index in [1.54, 1.807) is 0 Å². The minimum atomic E-state index is -4.40. The van der Waals surface area contributed by atoms with Crippen LogP contribution in [-0.2, 0) is 6.18 Å². The molecule has 0 amide bonds.